The fourth-order valence-corrected chi connectivity index (χ4v) is 1.54. The normalized spacial score (nSPS) is 12.4. The zero-order chi connectivity index (χ0) is 9.84. The van der Waals surface area contributed by atoms with E-state index in [9.17, 15) is 9.00 Å². The molecule has 1 aromatic carbocycles. The molecule has 4 nitrogen and oxygen atoms in total. The number of rotatable bonds is 3. The minimum atomic E-state index is -1.95. The molecule has 0 aliphatic rings. The van der Waals surface area contributed by atoms with Crippen LogP contribution in [-0.2, 0) is 16.8 Å². The van der Waals surface area contributed by atoms with Crippen LogP contribution < -0.4 is 5.73 Å². The van der Waals surface area contributed by atoms with Gasteiger partial charge in [-0.25, -0.2) is 4.21 Å². The molecule has 1 amide bonds. The molecule has 70 valence electrons. The van der Waals surface area contributed by atoms with Gasteiger partial charge in [0, 0.05) is 5.56 Å². The molecule has 1 aromatic rings. The zero-order valence-electron chi connectivity index (χ0n) is 6.77. The van der Waals surface area contributed by atoms with Gasteiger partial charge in [0.05, 0.1) is 5.75 Å². The Morgan fingerprint density at radius 1 is 1.46 bits per heavy atom. The Morgan fingerprint density at radius 2 is 2.08 bits per heavy atom. The SMILES string of the molecule is NC(=O)c1ccccc1CS(=O)O. The molecule has 0 saturated heterocycles. The van der Waals surface area contributed by atoms with Gasteiger partial charge < -0.3 is 10.3 Å². The van der Waals surface area contributed by atoms with Gasteiger partial charge in [-0.2, -0.15) is 0 Å². The van der Waals surface area contributed by atoms with E-state index < -0.39 is 17.0 Å². The van der Waals surface area contributed by atoms with Gasteiger partial charge in [0.1, 0.15) is 0 Å². The summed E-state index contributed by atoms with van der Waals surface area (Å²) >= 11 is -1.95. The van der Waals surface area contributed by atoms with Crippen molar-refractivity contribution in [2.75, 3.05) is 0 Å². The lowest BCUT2D eigenvalue weighted by atomic mass is 10.1. The highest BCUT2D eigenvalue weighted by Gasteiger charge is 2.08. The minimum absolute atomic E-state index is 0.0703. The van der Waals surface area contributed by atoms with Gasteiger partial charge in [0.15, 0.2) is 11.1 Å². The summed E-state index contributed by atoms with van der Waals surface area (Å²) in [6, 6.07) is 6.48. The van der Waals surface area contributed by atoms with Crippen LogP contribution in [0.1, 0.15) is 15.9 Å². The Labute approximate surface area is 78.0 Å². The number of nitrogens with two attached hydrogens (primary N) is 1. The molecule has 1 rings (SSSR count). The van der Waals surface area contributed by atoms with E-state index in [2.05, 4.69) is 0 Å². The smallest absolute Gasteiger partial charge is 0.249 e. The fourth-order valence-electron chi connectivity index (χ4n) is 1.02. The summed E-state index contributed by atoms with van der Waals surface area (Å²) in [6.45, 7) is 0. The summed E-state index contributed by atoms with van der Waals surface area (Å²) in [5.41, 5.74) is 5.86. The Bertz CT molecular complexity index is 351. The molecule has 0 heterocycles. The summed E-state index contributed by atoms with van der Waals surface area (Å²) < 4.78 is 19.1. The van der Waals surface area contributed by atoms with Crippen LogP contribution >= 0.6 is 0 Å². The number of carbonyl (C=O) groups excluding carboxylic acids is 1. The van der Waals surface area contributed by atoms with Crippen molar-refractivity contribution in [1.29, 1.82) is 0 Å². The summed E-state index contributed by atoms with van der Waals surface area (Å²) in [6.07, 6.45) is 0. The van der Waals surface area contributed by atoms with Crippen LogP contribution in [0.15, 0.2) is 24.3 Å². The van der Waals surface area contributed by atoms with Gasteiger partial charge in [0.25, 0.3) is 0 Å². The Morgan fingerprint density at radius 3 is 2.62 bits per heavy atom. The van der Waals surface area contributed by atoms with Crippen LogP contribution in [0.25, 0.3) is 0 Å². The lowest BCUT2D eigenvalue weighted by Crippen LogP contribution is -2.14. The van der Waals surface area contributed by atoms with E-state index in [1.54, 1.807) is 18.2 Å². The van der Waals surface area contributed by atoms with E-state index in [0.717, 1.165) is 0 Å². The van der Waals surface area contributed by atoms with E-state index >= 15 is 0 Å². The third kappa shape index (κ3) is 2.64. The first kappa shape index (κ1) is 9.88. The third-order valence-corrected chi connectivity index (χ3v) is 2.12. The molecule has 0 aromatic heterocycles. The van der Waals surface area contributed by atoms with Gasteiger partial charge in [-0.1, -0.05) is 18.2 Å². The van der Waals surface area contributed by atoms with Crippen molar-refractivity contribution >= 4 is 17.0 Å². The van der Waals surface area contributed by atoms with Crippen LogP contribution in [0.2, 0.25) is 0 Å². The zero-order valence-corrected chi connectivity index (χ0v) is 7.58. The molecule has 5 heteroatoms. The number of benzene rings is 1. The first-order valence-electron chi connectivity index (χ1n) is 3.56. The summed E-state index contributed by atoms with van der Waals surface area (Å²) in [5.74, 6) is -0.653. The molecule has 0 aliphatic carbocycles. The van der Waals surface area contributed by atoms with Crippen molar-refractivity contribution in [2.45, 2.75) is 5.75 Å². The van der Waals surface area contributed by atoms with Crippen LogP contribution in [0, 0.1) is 0 Å². The summed E-state index contributed by atoms with van der Waals surface area (Å²) in [4.78, 5) is 10.8. The molecular formula is C8H9NO3S. The van der Waals surface area contributed by atoms with Gasteiger partial charge in [-0.3, -0.25) is 4.79 Å². The molecule has 0 bridgehead atoms. The maximum atomic E-state index is 10.8. The van der Waals surface area contributed by atoms with E-state index in [-0.39, 0.29) is 5.75 Å². The average molecular weight is 199 g/mol. The number of hydrogen-bond acceptors (Lipinski definition) is 2. The Hall–Kier alpha value is -1.20. The molecule has 0 spiro atoms. The van der Waals surface area contributed by atoms with E-state index in [1.807, 2.05) is 0 Å². The van der Waals surface area contributed by atoms with Crippen molar-refractivity contribution < 1.29 is 13.6 Å². The maximum Gasteiger partial charge on any atom is 0.249 e. The highest BCUT2D eigenvalue weighted by atomic mass is 32.2. The highest BCUT2D eigenvalue weighted by Crippen LogP contribution is 2.09. The van der Waals surface area contributed by atoms with E-state index in [0.29, 0.717) is 11.1 Å². The van der Waals surface area contributed by atoms with Crippen LogP contribution in [0.4, 0.5) is 0 Å². The van der Waals surface area contributed by atoms with Crippen molar-refractivity contribution in [1.82, 2.24) is 0 Å². The lowest BCUT2D eigenvalue weighted by molar-refractivity contribution is 0.0999. The monoisotopic (exact) mass is 199 g/mol. The molecule has 1 atom stereocenters. The van der Waals surface area contributed by atoms with E-state index in [4.69, 9.17) is 10.3 Å². The van der Waals surface area contributed by atoms with Gasteiger partial charge >= 0.3 is 0 Å². The molecule has 0 aliphatic heterocycles. The predicted molar refractivity (Wildman–Crippen MR) is 49.4 cm³/mol. The highest BCUT2D eigenvalue weighted by molar-refractivity contribution is 7.78. The van der Waals surface area contributed by atoms with Crippen molar-refractivity contribution in [3.05, 3.63) is 35.4 Å². The fraction of sp³-hybridized carbons (Fsp3) is 0.125. The first-order valence-corrected chi connectivity index (χ1v) is 4.84. The van der Waals surface area contributed by atoms with Crippen molar-refractivity contribution in [3.8, 4) is 0 Å². The van der Waals surface area contributed by atoms with Crippen molar-refractivity contribution in [2.24, 2.45) is 5.73 Å². The van der Waals surface area contributed by atoms with Gasteiger partial charge in [0.2, 0.25) is 5.91 Å². The number of hydrogen-bond donors (Lipinski definition) is 2. The molecule has 0 radical (unpaired) electrons. The second-order valence-corrected chi connectivity index (χ2v) is 3.42. The van der Waals surface area contributed by atoms with Crippen LogP contribution in [0.5, 0.6) is 0 Å². The van der Waals surface area contributed by atoms with Crippen LogP contribution in [-0.4, -0.2) is 14.7 Å². The standard InChI is InChI=1S/C8H9NO3S/c9-8(10)7-4-2-1-3-6(7)5-13(11)12/h1-4H,5H2,(H2,9,10)(H,11,12). The molecule has 0 fully saturated rings. The van der Waals surface area contributed by atoms with E-state index in [1.165, 1.54) is 6.07 Å². The molecule has 0 saturated carbocycles. The topological polar surface area (TPSA) is 80.4 Å². The number of primary amides is 1. The quantitative estimate of drug-likeness (QED) is 0.696. The first-order chi connectivity index (χ1) is 6.11. The van der Waals surface area contributed by atoms with Crippen LogP contribution in [0.3, 0.4) is 0 Å². The average Bonchev–Trinajstić information content (AvgIpc) is 2.03. The largest absolute Gasteiger partial charge is 0.366 e. The third-order valence-electron chi connectivity index (χ3n) is 1.56. The lowest BCUT2D eigenvalue weighted by Gasteiger charge is -2.02. The number of amides is 1. The summed E-state index contributed by atoms with van der Waals surface area (Å²) in [7, 11) is 0. The Kier molecular flexibility index (Phi) is 3.16. The molecule has 13 heavy (non-hydrogen) atoms. The van der Waals surface area contributed by atoms with Gasteiger partial charge in [-0.15, -0.1) is 0 Å². The molecular weight excluding hydrogens is 190 g/mol. The van der Waals surface area contributed by atoms with Crippen molar-refractivity contribution in [3.63, 3.8) is 0 Å². The molecule has 1 unspecified atom stereocenters. The maximum absolute atomic E-state index is 10.8. The second-order valence-electron chi connectivity index (χ2n) is 2.49. The number of carbonyl (C=O) groups is 1. The summed E-state index contributed by atoms with van der Waals surface area (Å²) in [5, 5.41) is 0. The minimum Gasteiger partial charge on any atom is -0.366 e. The Balaban J connectivity index is 3.04. The predicted octanol–water partition coefficient (Wildman–Crippen LogP) is 0.507. The van der Waals surface area contributed by atoms with Gasteiger partial charge in [-0.05, 0) is 11.6 Å². The second kappa shape index (κ2) is 4.15. The molecule has 3 N–H and O–H groups in total.